The number of rotatable bonds is 3. The average Bonchev–Trinajstić information content (AvgIpc) is 2.89. The summed E-state index contributed by atoms with van der Waals surface area (Å²) in [5.41, 5.74) is 9.80. The van der Waals surface area contributed by atoms with Crippen molar-refractivity contribution < 1.29 is 0 Å². The maximum atomic E-state index is 5.68. The molecule has 1 heterocycles. The molecule has 3 heteroatoms. The fraction of sp³-hybridized carbons (Fsp3) is 0.0625. The fourth-order valence-electron chi connectivity index (χ4n) is 2.04. The molecule has 0 spiro atoms. The van der Waals surface area contributed by atoms with Crippen LogP contribution < -0.4 is 5.73 Å². The second-order valence-electron chi connectivity index (χ2n) is 4.52. The Hall–Kier alpha value is -2.55. The maximum Gasteiger partial charge on any atom is 0.137 e. The van der Waals surface area contributed by atoms with Gasteiger partial charge in [0.1, 0.15) is 5.82 Å². The molecule has 94 valence electrons. The van der Waals surface area contributed by atoms with Crippen molar-refractivity contribution in [2.75, 3.05) is 5.73 Å². The Labute approximate surface area is 112 Å². The van der Waals surface area contributed by atoms with Gasteiger partial charge in [-0.1, -0.05) is 30.3 Å². The van der Waals surface area contributed by atoms with Crippen LogP contribution >= 0.6 is 0 Å². The van der Waals surface area contributed by atoms with E-state index >= 15 is 0 Å². The van der Waals surface area contributed by atoms with Gasteiger partial charge in [0.2, 0.25) is 0 Å². The Balaban J connectivity index is 1.82. The Morgan fingerprint density at radius 3 is 2.42 bits per heavy atom. The summed E-state index contributed by atoms with van der Waals surface area (Å²) < 4.78 is 0. The van der Waals surface area contributed by atoms with Gasteiger partial charge in [0, 0.05) is 23.9 Å². The zero-order valence-corrected chi connectivity index (χ0v) is 10.5. The molecule has 0 bridgehead atoms. The zero-order chi connectivity index (χ0) is 13.1. The molecule has 3 N–H and O–H groups in total. The summed E-state index contributed by atoms with van der Waals surface area (Å²) in [5.74, 6) is 0.880. The molecule has 0 amide bonds. The molecule has 0 unspecified atom stereocenters. The van der Waals surface area contributed by atoms with Gasteiger partial charge in [-0.25, -0.2) is 4.98 Å². The highest BCUT2D eigenvalue weighted by Gasteiger charge is 2.04. The summed E-state index contributed by atoms with van der Waals surface area (Å²) >= 11 is 0. The van der Waals surface area contributed by atoms with Gasteiger partial charge in [0.15, 0.2) is 0 Å². The number of aromatic nitrogens is 2. The molecule has 3 nitrogen and oxygen atoms in total. The van der Waals surface area contributed by atoms with E-state index in [4.69, 9.17) is 5.73 Å². The summed E-state index contributed by atoms with van der Waals surface area (Å²) in [7, 11) is 0. The number of aromatic amines is 1. The lowest BCUT2D eigenvalue weighted by Gasteiger charge is -1.98. The highest BCUT2D eigenvalue weighted by atomic mass is 14.9. The summed E-state index contributed by atoms with van der Waals surface area (Å²) in [6, 6.07) is 18.0. The number of nitrogen functional groups attached to an aromatic ring is 1. The predicted octanol–water partition coefficient (Wildman–Crippen LogP) is 3.25. The first-order valence-electron chi connectivity index (χ1n) is 6.25. The van der Waals surface area contributed by atoms with E-state index in [1.165, 1.54) is 5.56 Å². The molecule has 0 aliphatic carbocycles. The van der Waals surface area contributed by atoms with E-state index in [9.17, 15) is 0 Å². The molecular weight excluding hydrogens is 234 g/mol. The van der Waals surface area contributed by atoms with Crippen LogP contribution in [-0.4, -0.2) is 9.97 Å². The second-order valence-corrected chi connectivity index (χ2v) is 4.52. The van der Waals surface area contributed by atoms with E-state index in [0.29, 0.717) is 0 Å². The number of H-pyrrole nitrogens is 1. The number of benzene rings is 2. The normalized spacial score (nSPS) is 10.5. The van der Waals surface area contributed by atoms with Crippen molar-refractivity contribution in [3.05, 3.63) is 72.1 Å². The van der Waals surface area contributed by atoms with Gasteiger partial charge >= 0.3 is 0 Å². The van der Waals surface area contributed by atoms with Crippen LogP contribution in [0.4, 0.5) is 5.69 Å². The molecule has 3 aromatic rings. The van der Waals surface area contributed by atoms with E-state index in [1.54, 1.807) is 0 Å². The van der Waals surface area contributed by atoms with Crippen LogP contribution in [0.3, 0.4) is 0 Å². The van der Waals surface area contributed by atoms with Gasteiger partial charge in [0.05, 0.1) is 5.69 Å². The van der Waals surface area contributed by atoms with E-state index in [1.807, 2.05) is 48.7 Å². The molecular formula is C16H15N3. The van der Waals surface area contributed by atoms with Crippen molar-refractivity contribution >= 4 is 5.69 Å². The monoisotopic (exact) mass is 249 g/mol. The van der Waals surface area contributed by atoms with Crippen molar-refractivity contribution in [1.29, 1.82) is 0 Å². The molecule has 1 aromatic heterocycles. The van der Waals surface area contributed by atoms with Crippen molar-refractivity contribution in [3.8, 4) is 11.4 Å². The number of imidazole rings is 1. The third-order valence-electron chi connectivity index (χ3n) is 3.04. The smallest absolute Gasteiger partial charge is 0.137 e. The largest absolute Gasteiger partial charge is 0.399 e. The fourth-order valence-corrected chi connectivity index (χ4v) is 2.04. The molecule has 19 heavy (non-hydrogen) atoms. The maximum absolute atomic E-state index is 5.68. The quantitative estimate of drug-likeness (QED) is 0.700. The van der Waals surface area contributed by atoms with Crippen molar-refractivity contribution in [1.82, 2.24) is 9.97 Å². The first-order chi connectivity index (χ1) is 9.31. The highest BCUT2D eigenvalue weighted by molar-refractivity contribution is 5.58. The van der Waals surface area contributed by atoms with E-state index in [-0.39, 0.29) is 0 Å². The van der Waals surface area contributed by atoms with Crippen molar-refractivity contribution in [3.63, 3.8) is 0 Å². The lowest BCUT2D eigenvalue weighted by Crippen LogP contribution is -1.88. The zero-order valence-electron chi connectivity index (χ0n) is 10.5. The third-order valence-corrected chi connectivity index (χ3v) is 3.04. The van der Waals surface area contributed by atoms with Gasteiger partial charge in [-0.05, 0) is 29.8 Å². The van der Waals surface area contributed by atoms with Crippen LogP contribution in [0.15, 0.2) is 60.8 Å². The van der Waals surface area contributed by atoms with Crippen LogP contribution in [0.2, 0.25) is 0 Å². The minimum absolute atomic E-state index is 0.764. The highest BCUT2D eigenvalue weighted by Crippen LogP contribution is 2.18. The van der Waals surface area contributed by atoms with Crippen LogP contribution in [0.5, 0.6) is 0 Å². The van der Waals surface area contributed by atoms with Gasteiger partial charge in [-0.2, -0.15) is 0 Å². The van der Waals surface area contributed by atoms with Crippen LogP contribution in [0, 0.1) is 0 Å². The van der Waals surface area contributed by atoms with Crippen LogP contribution in [0.25, 0.3) is 11.4 Å². The Morgan fingerprint density at radius 1 is 0.947 bits per heavy atom. The van der Waals surface area contributed by atoms with Crippen molar-refractivity contribution in [2.45, 2.75) is 6.42 Å². The summed E-state index contributed by atoms with van der Waals surface area (Å²) in [6.45, 7) is 0. The average molecular weight is 249 g/mol. The number of nitrogens with zero attached hydrogens (tertiary/aromatic N) is 1. The van der Waals surface area contributed by atoms with Crippen LogP contribution in [-0.2, 0) is 6.42 Å². The summed E-state index contributed by atoms with van der Waals surface area (Å²) in [5, 5.41) is 0. The molecule has 0 aliphatic heterocycles. The third kappa shape index (κ3) is 2.65. The SMILES string of the molecule is Nc1ccc(-c2nc(Cc3ccccc3)c[nH]2)cc1. The van der Waals surface area contributed by atoms with Gasteiger partial charge in [-0.15, -0.1) is 0 Å². The lowest BCUT2D eigenvalue weighted by molar-refractivity contribution is 1.11. The number of nitrogens with one attached hydrogen (secondary N) is 1. The van der Waals surface area contributed by atoms with E-state index < -0.39 is 0 Å². The van der Waals surface area contributed by atoms with E-state index in [0.717, 1.165) is 29.2 Å². The topological polar surface area (TPSA) is 54.7 Å². The number of nitrogens with two attached hydrogens (primary N) is 1. The Morgan fingerprint density at radius 2 is 1.68 bits per heavy atom. The van der Waals surface area contributed by atoms with Crippen molar-refractivity contribution in [2.24, 2.45) is 0 Å². The molecule has 0 atom stereocenters. The number of anilines is 1. The Bertz CT molecular complexity index is 654. The first kappa shape index (κ1) is 11.5. The summed E-state index contributed by atoms with van der Waals surface area (Å²) in [4.78, 5) is 7.82. The van der Waals surface area contributed by atoms with Gasteiger partial charge in [-0.3, -0.25) is 0 Å². The molecule has 0 saturated heterocycles. The lowest BCUT2D eigenvalue weighted by atomic mass is 10.1. The van der Waals surface area contributed by atoms with E-state index in [2.05, 4.69) is 22.1 Å². The Kier molecular flexibility index (Phi) is 3.02. The number of hydrogen-bond donors (Lipinski definition) is 2. The van der Waals surface area contributed by atoms with Gasteiger partial charge in [0.25, 0.3) is 0 Å². The summed E-state index contributed by atoms with van der Waals surface area (Å²) in [6.07, 6.45) is 2.80. The molecule has 0 fully saturated rings. The standard InChI is InChI=1S/C16H15N3/c17-14-8-6-13(7-9-14)16-18-11-15(19-16)10-12-4-2-1-3-5-12/h1-9,11H,10,17H2,(H,18,19). The molecule has 0 aliphatic rings. The minimum Gasteiger partial charge on any atom is -0.399 e. The molecule has 2 aromatic carbocycles. The first-order valence-corrected chi connectivity index (χ1v) is 6.25. The minimum atomic E-state index is 0.764. The molecule has 3 rings (SSSR count). The molecule has 0 saturated carbocycles. The molecule has 0 radical (unpaired) electrons. The number of hydrogen-bond acceptors (Lipinski definition) is 2. The van der Waals surface area contributed by atoms with Gasteiger partial charge < -0.3 is 10.7 Å². The van der Waals surface area contributed by atoms with Crippen LogP contribution in [0.1, 0.15) is 11.3 Å². The predicted molar refractivity (Wildman–Crippen MR) is 77.7 cm³/mol. The second kappa shape index (κ2) is 4.98.